The van der Waals surface area contributed by atoms with E-state index in [1.165, 1.54) is 0 Å². The molecule has 4 amide bonds. The van der Waals surface area contributed by atoms with E-state index in [0.717, 1.165) is 0 Å². The number of hydrogen-bond acceptors (Lipinski definition) is 3. The third kappa shape index (κ3) is 8.28. The van der Waals surface area contributed by atoms with Crippen molar-refractivity contribution in [3.8, 4) is 0 Å². The third-order valence-electron chi connectivity index (χ3n) is 1.61. The Kier molecular flexibility index (Phi) is 8.21. The molecular formula is C11H14BrN3O3. The number of amides is 4. The van der Waals surface area contributed by atoms with Gasteiger partial charge in [-0.15, -0.1) is 0 Å². The highest BCUT2D eigenvalue weighted by atomic mass is 79.9. The molecule has 1 aromatic carbocycles. The number of rotatable bonds is 3. The molecule has 0 saturated heterocycles. The van der Waals surface area contributed by atoms with Crippen LogP contribution in [0.15, 0.2) is 30.3 Å². The lowest BCUT2D eigenvalue weighted by Gasteiger charge is -1.98. The second-order valence-electron chi connectivity index (χ2n) is 3.09. The van der Waals surface area contributed by atoms with Gasteiger partial charge in [-0.2, -0.15) is 0 Å². The fourth-order valence-corrected chi connectivity index (χ4v) is 1.26. The molecule has 0 aliphatic heterocycles. The van der Waals surface area contributed by atoms with Crippen molar-refractivity contribution in [2.45, 2.75) is 6.42 Å². The smallest absolute Gasteiger partial charge is 0.319 e. The second kappa shape index (κ2) is 9.17. The Hall–Kier alpha value is -1.89. The molecular weight excluding hydrogens is 302 g/mol. The van der Waals surface area contributed by atoms with Crippen molar-refractivity contribution in [2.24, 2.45) is 11.5 Å². The van der Waals surface area contributed by atoms with Crippen LogP contribution in [-0.4, -0.2) is 23.2 Å². The summed E-state index contributed by atoms with van der Waals surface area (Å²) >= 11 is 3.05. The first-order valence-electron chi connectivity index (χ1n) is 4.97. The van der Waals surface area contributed by atoms with Gasteiger partial charge in [-0.3, -0.25) is 14.9 Å². The van der Waals surface area contributed by atoms with Gasteiger partial charge in [0.15, 0.2) is 0 Å². The largest absolute Gasteiger partial charge is 0.370 e. The SMILES string of the molecule is NC(=O)CCBr.NC(=O)NC(=O)c1ccccc1. The van der Waals surface area contributed by atoms with E-state index in [4.69, 9.17) is 11.5 Å². The number of halogens is 1. The molecule has 0 heterocycles. The summed E-state index contributed by atoms with van der Waals surface area (Å²) < 4.78 is 0. The van der Waals surface area contributed by atoms with E-state index < -0.39 is 11.9 Å². The normalized spacial score (nSPS) is 8.72. The van der Waals surface area contributed by atoms with E-state index in [1.54, 1.807) is 30.3 Å². The summed E-state index contributed by atoms with van der Waals surface area (Å²) in [5.74, 6) is -0.741. The van der Waals surface area contributed by atoms with Crippen LogP contribution >= 0.6 is 15.9 Å². The Bertz CT molecular complexity index is 409. The summed E-state index contributed by atoms with van der Waals surface area (Å²) in [7, 11) is 0. The lowest BCUT2D eigenvalue weighted by atomic mass is 10.2. The van der Waals surface area contributed by atoms with Gasteiger partial charge in [0.05, 0.1) is 0 Å². The minimum absolute atomic E-state index is 0.258. The summed E-state index contributed by atoms with van der Waals surface area (Å²) in [6, 6.07) is 7.53. The zero-order chi connectivity index (χ0) is 14.0. The van der Waals surface area contributed by atoms with Gasteiger partial charge in [0.25, 0.3) is 5.91 Å². The van der Waals surface area contributed by atoms with Crippen molar-refractivity contribution in [1.82, 2.24) is 5.32 Å². The van der Waals surface area contributed by atoms with E-state index in [2.05, 4.69) is 15.9 Å². The van der Waals surface area contributed by atoms with Crippen molar-refractivity contribution in [1.29, 1.82) is 0 Å². The number of nitrogens with one attached hydrogen (secondary N) is 1. The van der Waals surface area contributed by atoms with E-state index in [1.807, 2.05) is 5.32 Å². The number of hydrogen-bond donors (Lipinski definition) is 3. The summed E-state index contributed by atoms with van der Waals surface area (Å²) in [4.78, 5) is 31.1. The summed E-state index contributed by atoms with van der Waals surface area (Å²) in [6.45, 7) is 0. The van der Waals surface area contributed by atoms with Gasteiger partial charge in [0.2, 0.25) is 5.91 Å². The van der Waals surface area contributed by atoms with E-state index >= 15 is 0 Å². The highest BCUT2D eigenvalue weighted by Gasteiger charge is 2.05. The maximum Gasteiger partial charge on any atom is 0.319 e. The molecule has 0 aromatic heterocycles. The maximum atomic E-state index is 11.0. The topological polar surface area (TPSA) is 115 Å². The molecule has 0 unspecified atom stereocenters. The molecule has 18 heavy (non-hydrogen) atoms. The van der Waals surface area contributed by atoms with Gasteiger partial charge >= 0.3 is 6.03 Å². The molecule has 5 N–H and O–H groups in total. The van der Waals surface area contributed by atoms with Crippen LogP contribution in [-0.2, 0) is 4.79 Å². The molecule has 0 fully saturated rings. The van der Waals surface area contributed by atoms with Crippen molar-refractivity contribution in [2.75, 3.05) is 5.33 Å². The first-order chi connectivity index (χ1) is 8.47. The Labute approximate surface area is 113 Å². The number of carbonyl (C=O) groups is 3. The average molecular weight is 316 g/mol. The van der Waals surface area contributed by atoms with E-state index in [-0.39, 0.29) is 5.91 Å². The molecule has 0 aliphatic carbocycles. The number of primary amides is 2. The summed E-state index contributed by atoms with van der Waals surface area (Å²) in [5.41, 5.74) is 9.91. The molecule has 0 radical (unpaired) electrons. The number of urea groups is 1. The second-order valence-corrected chi connectivity index (χ2v) is 3.88. The van der Waals surface area contributed by atoms with Crippen LogP contribution < -0.4 is 16.8 Å². The van der Waals surface area contributed by atoms with Crippen molar-refractivity contribution >= 4 is 33.8 Å². The fraction of sp³-hybridized carbons (Fsp3) is 0.182. The summed E-state index contributed by atoms with van der Waals surface area (Å²) in [5, 5.41) is 2.63. The quantitative estimate of drug-likeness (QED) is 0.715. The highest BCUT2D eigenvalue weighted by Crippen LogP contribution is 1.96. The molecule has 7 heteroatoms. The number of benzene rings is 1. The number of carbonyl (C=O) groups excluding carboxylic acids is 3. The molecule has 1 aromatic rings. The predicted molar refractivity (Wildman–Crippen MR) is 71.1 cm³/mol. The fourth-order valence-electron chi connectivity index (χ4n) is 0.867. The van der Waals surface area contributed by atoms with E-state index in [0.29, 0.717) is 17.3 Å². The first-order valence-corrected chi connectivity index (χ1v) is 6.09. The van der Waals surface area contributed by atoms with Crippen LogP contribution in [0, 0.1) is 0 Å². The minimum Gasteiger partial charge on any atom is -0.370 e. The molecule has 0 spiro atoms. The highest BCUT2D eigenvalue weighted by molar-refractivity contribution is 9.09. The van der Waals surface area contributed by atoms with Crippen LogP contribution in [0.4, 0.5) is 4.79 Å². The molecule has 1 rings (SSSR count). The summed E-state index contributed by atoms with van der Waals surface area (Å²) in [6.07, 6.45) is 0.431. The third-order valence-corrected chi connectivity index (χ3v) is 2.01. The lowest BCUT2D eigenvalue weighted by molar-refractivity contribution is -0.117. The van der Waals surface area contributed by atoms with Crippen molar-refractivity contribution in [3.05, 3.63) is 35.9 Å². The Morgan fingerprint density at radius 3 is 2.00 bits per heavy atom. The Balaban J connectivity index is 0.000000411. The molecule has 0 aliphatic rings. The van der Waals surface area contributed by atoms with Gasteiger partial charge in [-0.25, -0.2) is 4.79 Å². The predicted octanol–water partition coefficient (Wildman–Crippen LogP) is 0.752. The Morgan fingerprint density at radius 2 is 1.67 bits per heavy atom. The van der Waals surface area contributed by atoms with Gasteiger partial charge in [0, 0.05) is 17.3 Å². The number of alkyl halides is 1. The lowest BCUT2D eigenvalue weighted by Crippen LogP contribution is -2.34. The monoisotopic (exact) mass is 315 g/mol. The van der Waals surface area contributed by atoms with Crippen LogP contribution in [0.1, 0.15) is 16.8 Å². The van der Waals surface area contributed by atoms with Crippen LogP contribution in [0.3, 0.4) is 0 Å². The van der Waals surface area contributed by atoms with Gasteiger partial charge in [0.1, 0.15) is 0 Å². The number of nitrogens with two attached hydrogens (primary N) is 2. The average Bonchev–Trinajstić information content (AvgIpc) is 2.30. The minimum atomic E-state index is -0.844. The zero-order valence-corrected chi connectivity index (χ0v) is 11.1. The molecule has 0 saturated carbocycles. The maximum absolute atomic E-state index is 11.0. The molecule has 6 nitrogen and oxygen atoms in total. The standard InChI is InChI=1S/C8H8N2O2.C3H6BrNO/c9-8(12)10-7(11)6-4-2-1-3-5-6;4-2-1-3(5)6/h1-5H,(H3,9,10,11,12);1-2H2,(H2,5,6). The molecule has 0 bridgehead atoms. The van der Waals surface area contributed by atoms with Gasteiger partial charge < -0.3 is 11.5 Å². The molecule has 98 valence electrons. The number of imide groups is 1. The van der Waals surface area contributed by atoms with Gasteiger partial charge in [-0.1, -0.05) is 34.1 Å². The van der Waals surface area contributed by atoms with Crippen LogP contribution in [0.25, 0.3) is 0 Å². The first kappa shape index (κ1) is 16.1. The molecule has 0 atom stereocenters. The van der Waals surface area contributed by atoms with E-state index in [9.17, 15) is 14.4 Å². The Morgan fingerprint density at radius 1 is 1.11 bits per heavy atom. The van der Waals surface area contributed by atoms with Crippen LogP contribution in [0.5, 0.6) is 0 Å². The zero-order valence-electron chi connectivity index (χ0n) is 9.56. The van der Waals surface area contributed by atoms with Crippen LogP contribution in [0.2, 0.25) is 0 Å². The van der Waals surface area contributed by atoms with Crippen molar-refractivity contribution < 1.29 is 14.4 Å². The van der Waals surface area contributed by atoms with Gasteiger partial charge in [-0.05, 0) is 12.1 Å². The van der Waals surface area contributed by atoms with Crippen molar-refractivity contribution in [3.63, 3.8) is 0 Å².